The average Bonchev–Trinajstić information content (AvgIpc) is 2.56. The van der Waals surface area contributed by atoms with E-state index in [0.29, 0.717) is 10.6 Å². The number of aldehydes is 1. The summed E-state index contributed by atoms with van der Waals surface area (Å²) in [5.74, 6) is 0. The van der Waals surface area contributed by atoms with Gasteiger partial charge in [-0.2, -0.15) is 0 Å². The molecule has 15 heavy (non-hydrogen) atoms. The Morgan fingerprint density at radius 1 is 1.67 bits per heavy atom. The number of halogens is 2. The topological polar surface area (TPSA) is 34.9 Å². The van der Waals surface area contributed by atoms with Crippen LogP contribution in [0.15, 0.2) is 12.4 Å². The Bertz CT molecular complexity index is 540. The average molecular weight is 353 g/mol. The van der Waals surface area contributed by atoms with Crippen LogP contribution in [0.5, 0.6) is 0 Å². The van der Waals surface area contributed by atoms with Crippen LogP contribution in [-0.4, -0.2) is 15.2 Å². The van der Waals surface area contributed by atoms with Gasteiger partial charge in [-0.15, -0.1) is 0 Å². The van der Waals surface area contributed by atoms with Crippen molar-refractivity contribution >= 4 is 59.2 Å². The molecule has 0 aromatic carbocycles. The predicted octanol–water partition coefficient (Wildman–Crippen LogP) is 3.66. The lowest BCUT2D eigenvalue weighted by atomic mass is 10.1. The second kappa shape index (κ2) is 4.31. The number of rotatable bonds is 2. The van der Waals surface area contributed by atoms with E-state index in [-0.39, 0.29) is 0 Å². The number of aryl methyl sites for hydroxylation is 1. The first-order valence-electron chi connectivity index (χ1n) is 4.09. The van der Waals surface area contributed by atoms with Crippen molar-refractivity contribution in [2.45, 2.75) is 6.92 Å². The molecule has 0 amide bonds. The number of carbonyl (C=O) groups is 1. The molecule has 0 unspecified atom stereocenters. The second-order valence-corrected chi connectivity index (χ2v) is 5.16. The Hall–Kier alpha value is -0.270. The molecule has 2 aromatic heterocycles. The summed E-state index contributed by atoms with van der Waals surface area (Å²) in [4.78, 5) is 15.2. The number of aromatic nitrogens is 2. The van der Waals surface area contributed by atoms with Crippen molar-refractivity contribution in [1.29, 1.82) is 0 Å². The third-order valence-corrected chi connectivity index (χ3v) is 4.16. The van der Waals surface area contributed by atoms with Crippen LogP contribution in [0.4, 0.5) is 0 Å². The molecule has 2 rings (SSSR count). The second-order valence-electron chi connectivity index (χ2n) is 3.04. The number of pyridine rings is 1. The molecule has 0 saturated carbocycles. The molecule has 0 aliphatic rings. The lowest BCUT2D eigenvalue weighted by molar-refractivity contribution is 0.112. The lowest BCUT2D eigenvalue weighted by Gasteiger charge is -2.00. The SMILES string of the molecule is Cc1cn(SI)c2ncc(Cl)c(C=O)c12. The van der Waals surface area contributed by atoms with E-state index in [1.165, 1.54) is 15.3 Å². The van der Waals surface area contributed by atoms with E-state index < -0.39 is 0 Å². The molecule has 0 spiro atoms. The molecular formula is C9H6ClIN2OS. The summed E-state index contributed by atoms with van der Waals surface area (Å²) in [5.41, 5.74) is 2.30. The number of nitrogens with zero attached hydrogens (tertiary/aromatic N) is 2. The predicted molar refractivity (Wildman–Crippen MR) is 71.9 cm³/mol. The van der Waals surface area contributed by atoms with Gasteiger partial charge in [0.05, 0.1) is 5.02 Å². The fourth-order valence-electron chi connectivity index (χ4n) is 1.52. The Balaban J connectivity index is 2.92. The van der Waals surface area contributed by atoms with Crippen molar-refractivity contribution in [3.63, 3.8) is 0 Å². The molecule has 6 heteroatoms. The van der Waals surface area contributed by atoms with Gasteiger partial charge in [0.2, 0.25) is 0 Å². The van der Waals surface area contributed by atoms with E-state index in [4.69, 9.17) is 11.6 Å². The minimum Gasteiger partial charge on any atom is -0.298 e. The van der Waals surface area contributed by atoms with Gasteiger partial charge in [-0.05, 0) is 12.5 Å². The van der Waals surface area contributed by atoms with Crippen molar-refractivity contribution in [2.24, 2.45) is 0 Å². The highest BCUT2D eigenvalue weighted by Gasteiger charge is 2.13. The third-order valence-electron chi connectivity index (χ3n) is 2.16. The summed E-state index contributed by atoms with van der Waals surface area (Å²) in [6.45, 7) is 1.94. The minimum atomic E-state index is 0.400. The van der Waals surface area contributed by atoms with Crippen LogP contribution in [0.2, 0.25) is 5.02 Å². The monoisotopic (exact) mass is 352 g/mol. The van der Waals surface area contributed by atoms with Crippen molar-refractivity contribution in [2.75, 3.05) is 0 Å². The van der Waals surface area contributed by atoms with Crippen molar-refractivity contribution in [1.82, 2.24) is 8.96 Å². The van der Waals surface area contributed by atoms with Crippen molar-refractivity contribution < 1.29 is 4.79 Å². The van der Waals surface area contributed by atoms with Gasteiger partial charge in [0.25, 0.3) is 0 Å². The van der Waals surface area contributed by atoms with E-state index >= 15 is 0 Å². The lowest BCUT2D eigenvalue weighted by Crippen LogP contribution is -1.89. The molecular weight excluding hydrogens is 347 g/mol. The van der Waals surface area contributed by atoms with Gasteiger partial charge in [0, 0.05) is 53.7 Å². The number of fused-ring (bicyclic) bond motifs is 1. The van der Waals surface area contributed by atoms with E-state index in [0.717, 1.165) is 22.9 Å². The van der Waals surface area contributed by atoms with Gasteiger partial charge >= 0.3 is 0 Å². The first-order chi connectivity index (χ1) is 7.19. The minimum absolute atomic E-state index is 0.400. The highest BCUT2D eigenvalue weighted by atomic mass is 127. The van der Waals surface area contributed by atoms with Gasteiger partial charge in [0.15, 0.2) is 11.9 Å². The van der Waals surface area contributed by atoms with Gasteiger partial charge in [-0.3, -0.25) is 8.77 Å². The van der Waals surface area contributed by atoms with Crippen LogP contribution in [-0.2, 0) is 0 Å². The van der Waals surface area contributed by atoms with E-state index in [1.807, 2.05) is 17.1 Å². The summed E-state index contributed by atoms with van der Waals surface area (Å²) < 4.78 is 1.91. The molecule has 0 radical (unpaired) electrons. The van der Waals surface area contributed by atoms with Gasteiger partial charge < -0.3 is 0 Å². The summed E-state index contributed by atoms with van der Waals surface area (Å²) >= 11 is 8.08. The number of hydrogen-bond donors (Lipinski definition) is 0. The fourth-order valence-corrected chi connectivity index (χ4v) is 3.01. The maximum absolute atomic E-state index is 11.0. The molecule has 0 N–H and O–H groups in total. The van der Waals surface area contributed by atoms with Gasteiger partial charge in [0.1, 0.15) is 0 Å². The molecule has 2 heterocycles. The largest absolute Gasteiger partial charge is 0.298 e. The molecule has 0 aliphatic heterocycles. The van der Waals surface area contributed by atoms with Crippen LogP contribution < -0.4 is 0 Å². The van der Waals surface area contributed by atoms with Crippen LogP contribution in [0.3, 0.4) is 0 Å². The standard InChI is InChI=1S/C9H6ClIN2OS/c1-5-3-13(15-11)9-8(5)6(4-14)7(10)2-12-9/h2-4H,1H3. The Morgan fingerprint density at radius 3 is 3.00 bits per heavy atom. The third kappa shape index (κ3) is 1.76. The van der Waals surface area contributed by atoms with E-state index in [1.54, 1.807) is 0 Å². The summed E-state index contributed by atoms with van der Waals surface area (Å²) in [7, 11) is 1.51. The molecule has 2 aromatic rings. The van der Waals surface area contributed by atoms with E-state index in [9.17, 15) is 4.79 Å². The maximum atomic E-state index is 11.0. The quantitative estimate of drug-likeness (QED) is 0.611. The molecule has 0 atom stereocenters. The summed E-state index contributed by atoms with van der Waals surface area (Å²) in [5, 5.41) is 1.23. The highest BCUT2D eigenvalue weighted by molar-refractivity contribution is 14.2. The first-order valence-corrected chi connectivity index (χ1v) is 7.79. The molecule has 78 valence electrons. The van der Waals surface area contributed by atoms with Gasteiger partial charge in [-0.25, -0.2) is 4.98 Å². The van der Waals surface area contributed by atoms with Crippen LogP contribution in [0.25, 0.3) is 11.0 Å². The molecule has 0 aliphatic carbocycles. The van der Waals surface area contributed by atoms with Crippen molar-refractivity contribution in [3.8, 4) is 0 Å². The van der Waals surface area contributed by atoms with Gasteiger partial charge in [-0.1, -0.05) is 11.6 Å². The zero-order chi connectivity index (χ0) is 11.0. The van der Waals surface area contributed by atoms with Crippen LogP contribution >= 0.6 is 41.9 Å². The van der Waals surface area contributed by atoms with Crippen LogP contribution in [0.1, 0.15) is 15.9 Å². The Morgan fingerprint density at radius 2 is 2.40 bits per heavy atom. The van der Waals surface area contributed by atoms with Crippen LogP contribution in [0, 0.1) is 6.92 Å². The molecule has 0 bridgehead atoms. The zero-order valence-corrected chi connectivity index (χ0v) is 11.4. The maximum Gasteiger partial charge on any atom is 0.152 e. The highest BCUT2D eigenvalue weighted by Crippen LogP contribution is 2.31. The van der Waals surface area contributed by atoms with E-state index in [2.05, 4.69) is 26.2 Å². The van der Waals surface area contributed by atoms with Crippen molar-refractivity contribution in [3.05, 3.63) is 28.5 Å². The summed E-state index contributed by atoms with van der Waals surface area (Å²) in [6.07, 6.45) is 4.23. The molecule has 0 fully saturated rings. The normalized spacial score (nSPS) is 10.9. The first kappa shape index (κ1) is 11.2. The fraction of sp³-hybridized carbons (Fsp3) is 0.111. The Labute approximate surface area is 108 Å². The Kier molecular flexibility index (Phi) is 3.22. The smallest absolute Gasteiger partial charge is 0.152 e. The molecule has 3 nitrogen and oxygen atoms in total. The number of hydrogen-bond acceptors (Lipinski definition) is 3. The number of carbonyl (C=O) groups excluding carboxylic acids is 1. The summed E-state index contributed by atoms with van der Waals surface area (Å²) in [6, 6.07) is 0. The molecule has 0 saturated heterocycles. The zero-order valence-electron chi connectivity index (χ0n) is 7.70.